The summed E-state index contributed by atoms with van der Waals surface area (Å²) in [5.41, 5.74) is 5.87. The Labute approximate surface area is 155 Å². The first kappa shape index (κ1) is 19.7. The zero-order valence-corrected chi connectivity index (χ0v) is 16.9. The lowest BCUT2D eigenvalue weighted by atomic mass is 9.87. The van der Waals surface area contributed by atoms with Gasteiger partial charge >= 0.3 is 0 Å². The van der Waals surface area contributed by atoms with Crippen LogP contribution in [0.1, 0.15) is 75.8 Å². The molecule has 0 amide bonds. The van der Waals surface area contributed by atoms with Crippen LogP contribution >= 0.6 is 0 Å². The van der Waals surface area contributed by atoms with Crippen LogP contribution in [0.2, 0.25) is 0 Å². The Bertz CT molecular complexity index is 639. The molecule has 1 nitrogen and oxygen atoms in total. The first-order valence-corrected chi connectivity index (χ1v) is 9.98. The molecule has 1 atom stereocenters. The van der Waals surface area contributed by atoms with E-state index in [0.717, 1.165) is 13.1 Å². The van der Waals surface area contributed by atoms with Crippen LogP contribution in [0.4, 0.5) is 0 Å². The van der Waals surface area contributed by atoms with Crippen LogP contribution in [0.5, 0.6) is 0 Å². The Morgan fingerprint density at radius 1 is 0.920 bits per heavy atom. The molecule has 0 aromatic heterocycles. The largest absolute Gasteiger partial charge is 0.292 e. The topological polar surface area (TPSA) is 3.24 Å². The average Bonchev–Trinajstić information content (AvgIpc) is 2.63. The molecule has 0 fully saturated rings. The van der Waals surface area contributed by atoms with Crippen LogP contribution < -0.4 is 0 Å². The Kier molecular flexibility index (Phi) is 7.25. The fraction of sp³-hybridized carbons (Fsp3) is 0.500. The van der Waals surface area contributed by atoms with E-state index in [1.165, 1.54) is 28.7 Å². The van der Waals surface area contributed by atoms with E-state index in [4.69, 9.17) is 0 Å². The fourth-order valence-corrected chi connectivity index (χ4v) is 3.74. The van der Waals surface area contributed by atoms with Gasteiger partial charge in [-0.25, -0.2) is 0 Å². The Morgan fingerprint density at radius 2 is 1.56 bits per heavy atom. The molecule has 0 bridgehead atoms. The van der Waals surface area contributed by atoms with Gasteiger partial charge < -0.3 is 0 Å². The second-order valence-corrected chi connectivity index (χ2v) is 7.56. The van der Waals surface area contributed by atoms with E-state index in [1.807, 2.05) is 13.8 Å². The van der Waals surface area contributed by atoms with Crippen molar-refractivity contribution in [3.63, 3.8) is 0 Å². The van der Waals surface area contributed by atoms with Crippen molar-refractivity contribution in [1.29, 1.82) is 0 Å². The summed E-state index contributed by atoms with van der Waals surface area (Å²) in [5, 5.41) is 0. The lowest BCUT2D eigenvalue weighted by Crippen LogP contribution is -2.38. The lowest BCUT2D eigenvalue weighted by molar-refractivity contribution is 0.190. The van der Waals surface area contributed by atoms with Crippen molar-refractivity contribution < 1.29 is 0 Å². The highest BCUT2D eigenvalue weighted by Crippen LogP contribution is 2.35. The minimum Gasteiger partial charge on any atom is -0.292 e. The number of hydrogen-bond donors (Lipinski definition) is 0. The second kappa shape index (κ2) is 9.20. The van der Waals surface area contributed by atoms with E-state index in [2.05, 4.69) is 81.1 Å². The molecule has 1 heteroatoms. The molecule has 1 unspecified atom stereocenters. The van der Waals surface area contributed by atoms with E-state index in [9.17, 15) is 0 Å². The van der Waals surface area contributed by atoms with Crippen molar-refractivity contribution in [3.8, 4) is 0 Å². The highest BCUT2D eigenvalue weighted by molar-refractivity contribution is 5.40. The molecule has 2 aromatic rings. The van der Waals surface area contributed by atoms with Gasteiger partial charge in [0.15, 0.2) is 0 Å². The van der Waals surface area contributed by atoms with Gasteiger partial charge in [0.2, 0.25) is 0 Å². The van der Waals surface area contributed by atoms with Gasteiger partial charge in [0.1, 0.15) is 0 Å². The van der Waals surface area contributed by atoms with Gasteiger partial charge in [-0.2, -0.15) is 0 Å². The molecule has 0 saturated heterocycles. The SMILES string of the molecule is CC.CC(C)CN1CCc2ccccc2C1c1ccc(C(C)C)cc1. The van der Waals surface area contributed by atoms with E-state index >= 15 is 0 Å². The maximum Gasteiger partial charge on any atom is 0.0604 e. The summed E-state index contributed by atoms with van der Waals surface area (Å²) in [6.45, 7) is 15.5. The molecular weight excluding hydrogens is 302 g/mol. The van der Waals surface area contributed by atoms with Gasteiger partial charge in [0.05, 0.1) is 6.04 Å². The second-order valence-electron chi connectivity index (χ2n) is 7.56. The standard InChI is InChI=1S/C22H29N.C2H6/c1-16(2)15-23-14-13-19-7-5-6-8-21(19)22(23)20-11-9-18(10-12-20)17(3)4;1-2/h5-12,16-17,22H,13-15H2,1-4H3;1-2H3. The van der Waals surface area contributed by atoms with Crippen LogP contribution in [0.15, 0.2) is 48.5 Å². The van der Waals surface area contributed by atoms with Crippen LogP contribution in [-0.2, 0) is 6.42 Å². The molecule has 1 aliphatic heterocycles. The molecule has 2 aromatic carbocycles. The summed E-state index contributed by atoms with van der Waals surface area (Å²) in [6.07, 6.45) is 1.17. The fourth-order valence-electron chi connectivity index (χ4n) is 3.74. The van der Waals surface area contributed by atoms with E-state index in [-0.39, 0.29) is 0 Å². The third kappa shape index (κ3) is 4.73. The zero-order chi connectivity index (χ0) is 18.4. The number of rotatable bonds is 4. The Balaban J connectivity index is 0.00000109. The average molecular weight is 338 g/mol. The smallest absolute Gasteiger partial charge is 0.0604 e. The molecule has 0 spiro atoms. The van der Waals surface area contributed by atoms with Gasteiger partial charge in [-0.15, -0.1) is 0 Å². The van der Waals surface area contributed by atoms with E-state index in [1.54, 1.807) is 0 Å². The Hall–Kier alpha value is -1.60. The molecule has 25 heavy (non-hydrogen) atoms. The Morgan fingerprint density at radius 3 is 2.16 bits per heavy atom. The molecule has 1 heterocycles. The van der Waals surface area contributed by atoms with Gasteiger partial charge in [-0.1, -0.05) is 90.1 Å². The number of benzene rings is 2. The van der Waals surface area contributed by atoms with Gasteiger partial charge in [-0.05, 0) is 40.5 Å². The summed E-state index contributed by atoms with van der Waals surface area (Å²) in [6, 6.07) is 18.7. The number of nitrogens with zero attached hydrogens (tertiary/aromatic N) is 1. The monoisotopic (exact) mass is 337 g/mol. The first-order chi connectivity index (χ1) is 12.1. The van der Waals surface area contributed by atoms with Crippen molar-refractivity contribution in [1.82, 2.24) is 4.90 Å². The third-order valence-electron chi connectivity index (χ3n) is 4.90. The normalized spacial score (nSPS) is 17.2. The molecular formula is C24H35N. The first-order valence-electron chi connectivity index (χ1n) is 9.98. The van der Waals surface area contributed by atoms with E-state index in [0.29, 0.717) is 17.9 Å². The maximum atomic E-state index is 2.66. The van der Waals surface area contributed by atoms with Crippen molar-refractivity contribution in [3.05, 3.63) is 70.8 Å². The predicted octanol–water partition coefficient (Wildman–Crippen LogP) is 6.44. The highest BCUT2D eigenvalue weighted by Gasteiger charge is 2.28. The summed E-state index contributed by atoms with van der Waals surface area (Å²) in [7, 11) is 0. The van der Waals surface area contributed by atoms with Gasteiger partial charge in [0, 0.05) is 13.1 Å². The minimum absolute atomic E-state index is 0.406. The van der Waals surface area contributed by atoms with Crippen LogP contribution in [0, 0.1) is 5.92 Å². The molecule has 0 radical (unpaired) electrons. The number of hydrogen-bond acceptors (Lipinski definition) is 1. The minimum atomic E-state index is 0.406. The molecule has 136 valence electrons. The summed E-state index contributed by atoms with van der Waals surface area (Å²) in [5.74, 6) is 1.28. The van der Waals surface area contributed by atoms with Crippen molar-refractivity contribution in [2.24, 2.45) is 5.92 Å². The highest BCUT2D eigenvalue weighted by atomic mass is 15.2. The predicted molar refractivity (Wildman–Crippen MR) is 110 cm³/mol. The maximum absolute atomic E-state index is 2.66. The third-order valence-corrected chi connectivity index (χ3v) is 4.90. The van der Waals surface area contributed by atoms with Crippen LogP contribution in [-0.4, -0.2) is 18.0 Å². The molecule has 3 rings (SSSR count). The lowest BCUT2D eigenvalue weighted by Gasteiger charge is -2.38. The summed E-state index contributed by atoms with van der Waals surface area (Å²) in [4.78, 5) is 2.66. The summed E-state index contributed by atoms with van der Waals surface area (Å²) < 4.78 is 0. The quantitative estimate of drug-likeness (QED) is 0.620. The van der Waals surface area contributed by atoms with Crippen molar-refractivity contribution >= 4 is 0 Å². The number of fused-ring (bicyclic) bond motifs is 1. The molecule has 1 aliphatic rings. The van der Waals surface area contributed by atoms with E-state index < -0.39 is 0 Å². The van der Waals surface area contributed by atoms with Crippen LogP contribution in [0.25, 0.3) is 0 Å². The summed E-state index contributed by atoms with van der Waals surface area (Å²) >= 11 is 0. The molecule has 0 saturated carbocycles. The zero-order valence-electron chi connectivity index (χ0n) is 16.9. The van der Waals surface area contributed by atoms with Gasteiger partial charge in [-0.3, -0.25) is 4.90 Å². The van der Waals surface area contributed by atoms with Gasteiger partial charge in [0.25, 0.3) is 0 Å². The van der Waals surface area contributed by atoms with Crippen molar-refractivity contribution in [2.45, 2.75) is 59.9 Å². The van der Waals surface area contributed by atoms with Crippen molar-refractivity contribution in [2.75, 3.05) is 13.1 Å². The molecule has 0 N–H and O–H groups in total. The molecule has 0 aliphatic carbocycles. The van der Waals surface area contributed by atoms with Crippen LogP contribution in [0.3, 0.4) is 0 Å².